The highest BCUT2D eigenvalue weighted by Gasteiger charge is 2.13. The first-order valence-electron chi connectivity index (χ1n) is 7.01. The van der Waals surface area contributed by atoms with Crippen LogP contribution in [0.4, 0.5) is 5.69 Å². The average Bonchev–Trinajstić information content (AvgIpc) is 3.00. The first-order chi connectivity index (χ1) is 11.2. The van der Waals surface area contributed by atoms with Crippen LogP contribution in [0, 0.1) is 0 Å². The topological polar surface area (TPSA) is 85.6 Å². The van der Waals surface area contributed by atoms with Gasteiger partial charge < -0.3 is 10.1 Å². The number of anilines is 1. The second kappa shape index (κ2) is 6.67. The molecular formula is C15H14N4O3S. The molecule has 23 heavy (non-hydrogen) atoms. The molecule has 0 atom stereocenters. The van der Waals surface area contributed by atoms with Crippen molar-refractivity contribution in [2.24, 2.45) is 0 Å². The third-order valence-corrected chi connectivity index (χ3v) is 3.94. The van der Waals surface area contributed by atoms with E-state index in [0.29, 0.717) is 28.7 Å². The lowest BCUT2D eigenvalue weighted by Crippen LogP contribution is -2.23. The number of benzene rings is 1. The fourth-order valence-corrected chi connectivity index (χ4v) is 2.73. The second-order valence-corrected chi connectivity index (χ2v) is 5.67. The number of hydrogen-bond acceptors (Lipinski definition) is 6. The summed E-state index contributed by atoms with van der Waals surface area (Å²) in [6.45, 7) is 2.78. The molecule has 1 amide bonds. The highest BCUT2D eigenvalue weighted by atomic mass is 32.1. The van der Waals surface area contributed by atoms with Gasteiger partial charge in [0.15, 0.2) is 0 Å². The zero-order chi connectivity index (χ0) is 16.2. The summed E-state index contributed by atoms with van der Waals surface area (Å²) in [6.07, 6.45) is 1.35. The van der Waals surface area contributed by atoms with Crippen LogP contribution in [-0.2, 0) is 11.3 Å². The van der Waals surface area contributed by atoms with E-state index in [9.17, 15) is 9.59 Å². The van der Waals surface area contributed by atoms with E-state index in [1.165, 1.54) is 22.0 Å². The van der Waals surface area contributed by atoms with Gasteiger partial charge in [0, 0.05) is 12.2 Å². The first-order valence-corrected chi connectivity index (χ1v) is 7.82. The summed E-state index contributed by atoms with van der Waals surface area (Å²) >= 11 is 1.28. The third-order valence-electron chi connectivity index (χ3n) is 3.04. The molecule has 7 nitrogen and oxygen atoms in total. The van der Waals surface area contributed by atoms with Crippen LogP contribution in [0.1, 0.15) is 22.3 Å². The average molecular weight is 330 g/mol. The minimum atomic E-state index is -0.418. The van der Waals surface area contributed by atoms with Crippen molar-refractivity contribution in [2.45, 2.75) is 13.5 Å². The van der Waals surface area contributed by atoms with Gasteiger partial charge in [0.05, 0.1) is 6.20 Å². The van der Waals surface area contributed by atoms with Crippen molar-refractivity contribution in [3.8, 4) is 0 Å². The second-order valence-electron chi connectivity index (χ2n) is 4.62. The van der Waals surface area contributed by atoms with Gasteiger partial charge in [-0.05, 0) is 19.1 Å². The molecular weight excluding hydrogens is 316 g/mol. The molecule has 118 valence electrons. The molecule has 0 fully saturated rings. The molecule has 0 saturated heterocycles. The number of nitrogens with one attached hydrogen (secondary N) is 1. The molecule has 8 heteroatoms. The Bertz CT molecular complexity index is 889. The molecule has 1 N–H and O–H groups in total. The quantitative estimate of drug-likeness (QED) is 0.773. The lowest BCUT2D eigenvalue weighted by molar-refractivity contribution is 0.102. The Labute approximate surface area is 135 Å². The van der Waals surface area contributed by atoms with Gasteiger partial charge >= 0.3 is 0 Å². The Hall–Kier alpha value is -2.58. The maximum absolute atomic E-state index is 12.4. The standard InChI is InChI=1S/C15H14N4O3S/c1-2-22-9-12-18-19-14(21)11(8-16-15(19)23-12)17-13(20)10-6-4-3-5-7-10/h3-8H,2,9H2,1H3,(H,17,20). The number of carbonyl (C=O) groups is 1. The van der Waals surface area contributed by atoms with Crippen LogP contribution in [0.3, 0.4) is 0 Å². The van der Waals surface area contributed by atoms with E-state index in [4.69, 9.17) is 4.74 Å². The summed E-state index contributed by atoms with van der Waals surface area (Å²) in [7, 11) is 0. The van der Waals surface area contributed by atoms with Crippen LogP contribution in [-0.4, -0.2) is 27.1 Å². The van der Waals surface area contributed by atoms with E-state index >= 15 is 0 Å². The molecule has 3 rings (SSSR count). The van der Waals surface area contributed by atoms with Gasteiger partial charge in [-0.15, -0.1) is 0 Å². The van der Waals surface area contributed by atoms with E-state index in [1.54, 1.807) is 24.3 Å². The van der Waals surface area contributed by atoms with Crippen molar-refractivity contribution in [2.75, 3.05) is 11.9 Å². The van der Waals surface area contributed by atoms with Gasteiger partial charge in [-0.1, -0.05) is 29.5 Å². The zero-order valence-corrected chi connectivity index (χ0v) is 13.2. The smallest absolute Gasteiger partial charge is 0.298 e. The first kappa shape index (κ1) is 15.3. The molecule has 0 radical (unpaired) electrons. The van der Waals surface area contributed by atoms with E-state index in [1.807, 2.05) is 13.0 Å². The van der Waals surface area contributed by atoms with Crippen LogP contribution >= 0.6 is 11.3 Å². The van der Waals surface area contributed by atoms with Crippen molar-refractivity contribution in [3.05, 3.63) is 57.5 Å². The van der Waals surface area contributed by atoms with Crippen LogP contribution in [0.25, 0.3) is 4.96 Å². The number of amides is 1. The number of ether oxygens (including phenoxy) is 1. The Morgan fingerprint density at radius 1 is 1.35 bits per heavy atom. The Balaban J connectivity index is 1.88. The molecule has 0 aliphatic rings. The SMILES string of the molecule is CCOCc1nn2c(=O)c(NC(=O)c3ccccc3)cnc2s1. The lowest BCUT2D eigenvalue weighted by Gasteiger charge is -2.03. The molecule has 2 heterocycles. The molecule has 0 bridgehead atoms. The summed E-state index contributed by atoms with van der Waals surface area (Å²) < 4.78 is 6.46. The van der Waals surface area contributed by atoms with E-state index < -0.39 is 5.56 Å². The predicted octanol–water partition coefficient (Wildman–Crippen LogP) is 1.94. The van der Waals surface area contributed by atoms with Crippen LogP contribution < -0.4 is 10.9 Å². The zero-order valence-electron chi connectivity index (χ0n) is 12.4. The fourth-order valence-electron chi connectivity index (χ4n) is 1.94. The number of aromatic nitrogens is 3. The number of fused-ring (bicyclic) bond motifs is 1. The van der Waals surface area contributed by atoms with Crippen LogP contribution in [0.15, 0.2) is 41.3 Å². The monoisotopic (exact) mass is 330 g/mol. The maximum Gasteiger partial charge on any atom is 0.298 e. The van der Waals surface area contributed by atoms with Crippen molar-refractivity contribution >= 4 is 27.9 Å². The van der Waals surface area contributed by atoms with Gasteiger partial charge in [-0.3, -0.25) is 9.59 Å². The predicted molar refractivity (Wildman–Crippen MR) is 86.9 cm³/mol. The van der Waals surface area contributed by atoms with Gasteiger partial charge in [-0.25, -0.2) is 4.98 Å². The summed E-state index contributed by atoms with van der Waals surface area (Å²) in [6, 6.07) is 8.66. The Kier molecular flexibility index (Phi) is 4.45. The molecule has 0 aliphatic heterocycles. The normalized spacial score (nSPS) is 10.8. The molecule has 1 aromatic carbocycles. The lowest BCUT2D eigenvalue weighted by atomic mass is 10.2. The third kappa shape index (κ3) is 3.27. The molecule has 0 spiro atoms. The van der Waals surface area contributed by atoms with Crippen molar-refractivity contribution in [3.63, 3.8) is 0 Å². The summed E-state index contributed by atoms with van der Waals surface area (Å²) in [5.41, 5.74) is 0.134. The highest BCUT2D eigenvalue weighted by molar-refractivity contribution is 7.16. The summed E-state index contributed by atoms with van der Waals surface area (Å²) in [4.78, 5) is 29.1. The van der Waals surface area contributed by atoms with Crippen LogP contribution in [0.2, 0.25) is 0 Å². The number of hydrogen-bond donors (Lipinski definition) is 1. The Morgan fingerprint density at radius 2 is 2.13 bits per heavy atom. The molecule has 0 unspecified atom stereocenters. The van der Waals surface area contributed by atoms with Crippen LogP contribution in [0.5, 0.6) is 0 Å². The van der Waals surface area contributed by atoms with Gasteiger partial charge in [0.1, 0.15) is 17.3 Å². The van der Waals surface area contributed by atoms with Gasteiger partial charge in [-0.2, -0.15) is 9.61 Å². The fraction of sp³-hybridized carbons (Fsp3) is 0.200. The summed E-state index contributed by atoms with van der Waals surface area (Å²) in [5.74, 6) is -0.366. The number of carbonyl (C=O) groups excluding carboxylic acids is 1. The number of rotatable bonds is 5. The minimum absolute atomic E-state index is 0.0876. The molecule has 0 saturated carbocycles. The Morgan fingerprint density at radius 3 is 2.87 bits per heavy atom. The number of nitrogens with zero attached hydrogens (tertiary/aromatic N) is 3. The largest absolute Gasteiger partial charge is 0.374 e. The van der Waals surface area contributed by atoms with E-state index in [-0.39, 0.29) is 11.6 Å². The van der Waals surface area contributed by atoms with E-state index in [0.717, 1.165) is 0 Å². The van der Waals surface area contributed by atoms with Gasteiger partial charge in [0.2, 0.25) is 4.96 Å². The summed E-state index contributed by atoms with van der Waals surface area (Å²) in [5, 5.41) is 7.40. The minimum Gasteiger partial charge on any atom is -0.374 e. The highest BCUT2D eigenvalue weighted by Crippen LogP contribution is 2.13. The van der Waals surface area contributed by atoms with E-state index in [2.05, 4.69) is 15.4 Å². The van der Waals surface area contributed by atoms with Crippen molar-refractivity contribution in [1.82, 2.24) is 14.6 Å². The van der Waals surface area contributed by atoms with Gasteiger partial charge in [0.25, 0.3) is 11.5 Å². The van der Waals surface area contributed by atoms with Crippen molar-refractivity contribution < 1.29 is 9.53 Å². The molecule has 2 aromatic heterocycles. The van der Waals surface area contributed by atoms with Crippen molar-refractivity contribution in [1.29, 1.82) is 0 Å². The molecule has 3 aromatic rings. The maximum atomic E-state index is 12.4. The molecule has 0 aliphatic carbocycles.